The molecule has 58 valence electrons. The minimum atomic E-state index is -0.446. The fourth-order valence-electron chi connectivity index (χ4n) is 0.848. The van der Waals surface area contributed by atoms with E-state index in [4.69, 9.17) is 10.6 Å². The van der Waals surface area contributed by atoms with Crippen LogP contribution in [0.1, 0.15) is 13.3 Å². The van der Waals surface area contributed by atoms with Crippen molar-refractivity contribution in [1.82, 2.24) is 5.06 Å². The lowest BCUT2D eigenvalue weighted by Crippen LogP contribution is -2.39. The number of carbonyl (C=O) groups excluding carboxylic acids is 1. The van der Waals surface area contributed by atoms with E-state index in [0.29, 0.717) is 13.2 Å². The Labute approximate surface area is 59.9 Å². The number of carbonyl (C=O) groups is 1. The molecule has 10 heavy (non-hydrogen) atoms. The van der Waals surface area contributed by atoms with Gasteiger partial charge in [-0.25, -0.2) is 5.06 Å². The van der Waals surface area contributed by atoms with E-state index in [2.05, 4.69) is 0 Å². The number of nitrogens with two attached hydrogens (primary N) is 1. The molecule has 0 aromatic rings. The van der Waals surface area contributed by atoms with Crippen LogP contribution in [0.25, 0.3) is 0 Å². The monoisotopic (exact) mass is 144 g/mol. The van der Waals surface area contributed by atoms with E-state index in [-0.39, 0.29) is 5.91 Å². The highest BCUT2D eigenvalue weighted by atomic mass is 16.7. The van der Waals surface area contributed by atoms with Gasteiger partial charge in [-0.15, -0.1) is 0 Å². The van der Waals surface area contributed by atoms with Gasteiger partial charge in [0, 0.05) is 0 Å². The summed E-state index contributed by atoms with van der Waals surface area (Å²) >= 11 is 0. The topological polar surface area (TPSA) is 55.6 Å². The minimum absolute atomic E-state index is 0.127. The zero-order valence-corrected chi connectivity index (χ0v) is 6.04. The highest BCUT2D eigenvalue weighted by molar-refractivity contribution is 5.80. The van der Waals surface area contributed by atoms with Crippen LogP contribution in [0, 0.1) is 0 Å². The molecule has 1 aliphatic rings. The minimum Gasteiger partial charge on any atom is -0.320 e. The number of nitrogens with zero attached hydrogens (tertiary/aromatic N) is 1. The average molecular weight is 144 g/mol. The lowest BCUT2D eigenvalue weighted by molar-refractivity contribution is -0.169. The van der Waals surface area contributed by atoms with E-state index in [0.717, 1.165) is 6.42 Å². The van der Waals surface area contributed by atoms with Gasteiger partial charge in [-0.3, -0.25) is 9.63 Å². The van der Waals surface area contributed by atoms with Crippen LogP contribution in [0.15, 0.2) is 0 Å². The summed E-state index contributed by atoms with van der Waals surface area (Å²) < 4.78 is 0. The van der Waals surface area contributed by atoms with Crippen molar-refractivity contribution in [2.75, 3.05) is 13.2 Å². The molecule has 1 saturated heterocycles. The normalized spacial score (nSPS) is 21.2. The number of rotatable bonds is 1. The van der Waals surface area contributed by atoms with Gasteiger partial charge in [-0.2, -0.15) is 0 Å². The first kappa shape index (κ1) is 7.50. The van der Waals surface area contributed by atoms with Gasteiger partial charge in [0.1, 0.15) is 0 Å². The SMILES string of the molecule is C[C@H](N)C(=O)N1CCCO1. The molecular weight excluding hydrogens is 132 g/mol. The van der Waals surface area contributed by atoms with Gasteiger partial charge in [-0.1, -0.05) is 0 Å². The Morgan fingerprint density at radius 3 is 2.90 bits per heavy atom. The zero-order valence-electron chi connectivity index (χ0n) is 6.04. The third kappa shape index (κ3) is 1.46. The van der Waals surface area contributed by atoms with Crippen LogP contribution in [0.3, 0.4) is 0 Å². The van der Waals surface area contributed by atoms with Crippen LogP contribution in [0.4, 0.5) is 0 Å². The van der Waals surface area contributed by atoms with E-state index >= 15 is 0 Å². The first-order chi connectivity index (χ1) is 4.72. The predicted octanol–water partition coefficient (Wildman–Crippen LogP) is -0.502. The molecule has 1 amide bonds. The van der Waals surface area contributed by atoms with Crippen molar-refractivity contribution in [3.63, 3.8) is 0 Å². The number of hydrogen-bond donors (Lipinski definition) is 1. The first-order valence-electron chi connectivity index (χ1n) is 3.41. The average Bonchev–Trinajstić information content (AvgIpc) is 2.36. The van der Waals surface area contributed by atoms with Crippen molar-refractivity contribution in [3.05, 3.63) is 0 Å². The second-order valence-electron chi connectivity index (χ2n) is 2.42. The molecule has 1 aliphatic heterocycles. The molecule has 1 atom stereocenters. The number of amides is 1. The van der Waals surface area contributed by atoms with Crippen LogP contribution in [-0.2, 0) is 9.63 Å². The summed E-state index contributed by atoms with van der Waals surface area (Å²) in [5.41, 5.74) is 5.34. The number of hydroxylamine groups is 2. The maximum absolute atomic E-state index is 11.0. The standard InChI is InChI=1S/C6H12N2O2/c1-5(7)6(9)8-3-2-4-10-8/h5H,2-4,7H2,1H3/t5-/m0/s1. The van der Waals surface area contributed by atoms with Crippen LogP contribution in [0.5, 0.6) is 0 Å². The van der Waals surface area contributed by atoms with Gasteiger partial charge in [-0.05, 0) is 13.3 Å². The summed E-state index contributed by atoms with van der Waals surface area (Å²) in [6, 6.07) is -0.446. The molecule has 0 bridgehead atoms. The van der Waals surface area contributed by atoms with Crippen molar-refractivity contribution in [2.45, 2.75) is 19.4 Å². The van der Waals surface area contributed by atoms with E-state index < -0.39 is 6.04 Å². The Morgan fingerprint density at radius 2 is 2.50 bits per heavy atom. The molecule has 1 rings (SSSR count). The predicted molar refractivity (Wildman–Crippen MR) is 35.9 cm³/mol. The molecule has 0 saturated carbocycles. The van der Waals surface area contributed by atoms with Crippen molar-refractivity contribution < 1.29 is 9.63 Å². The number of hydrogen-bond acceptors (Lipinski definition) is 3. The lowest BCUT2D eigenvalue weighted by Gasteiger charge is -2.15. The summed E-state index contributed by atoms with van der Waals surface area (Å²) in [5.74, 6) is -0.127. The summed E-state index contributed by atoms with van der Waals surface area (Å²) in [6.07, 6.45) is 0.915. The molecular formula is C6H12N2O2. The van der Waals surface area contributed by atoms with Crippen LogP contribution in [0.2, 0.25) is 0 Å². The van der Waals surface area contributed by atoms with E-state index in [1.165, 1.54) is 5.06 Å². The Morgan fingerprint density at radius 1 is 1.80 bits per heavy atom. The van der Waals surface area contributed by atoms with Gasteiger partial charge in [0.15, 0.2) is 0 Å². The summed E-state index contributed by atoms with van der Waals surface area (Å²) in [6.45, 7) is 2.98. The van der Waals surface area contributed by atoms with Crippen LogP contribution >= 0.6 is 0 Å². The van der Waals surface area contributed by atoms with Gasteiger partial charge in [0.25, 0.3) is 5.91 Å². The van der Waals surface area contributed by atoms with E-state index in [1.54, 1.807) is 6.92 Å². The van der Waals surface area contributed by atoms with Gasteiger partial charge in [0.05, 0.1) is 19.2 Å². The van der Waals surface area contributed by atoms with Gasteiger partial charge in [0.2, 0.25) is 0 Å². The first-order valence-corrected chi connectivity index (χ1v) is 3.41. The molecule has 2 N–H and O–H groups in total. The fourth-order valence-corrected chi connectivity index (χ4v) is 0.848. The lowest BCUT2D eigenvalue weighted by atomic mass is 10.3. The van der Waals surface area contributed by atoms with Crippen LogP contribution < -0.4 is 5.73 Å². The van der Waals surface area contributed by atoms with Crippen molar-refractivity contribution in [2.24, 2.45) is 5.73 Å². The summed E-state index contributed by atoms with van der Waals surface area (Å²) in [7, 11) is 0. The fraction of sp³-hybridized carbons (Fsp3) is 0.833. The third-order valence-electron chi connectivity index (χ3n) is 1.39. The molecule has 1 fully saturated rings. The Kier molecular flexibility index (Phi) is 2.24. The Balaban J connectivity index is 2.40. The zero-order chi connectivity index (χ0) is 7.56. The smallest absolute Gasteiger partial charge is 0.262 e. The second kappa shape index (κ2) is 2.98. The highest BCUT2D eigenvalue weighted by Gasteiger charge is 2.21. The highest BCUT2D eigenvalue weighted by Crippen LogP contribution is 2.04. The van der Waals surface area contributed by atoms with Crippen molar-refractivity contribution >= 4 is 5.91 Å². The maximum atomic E-state index is 11.0. The molecule has 0 aromatic carbocycles. The van der Waals surface area contributed by atoms with Gasteiger partial charge < -0.3 is 5.73 Å². The Bertz CT molecular complexity index is 130. The second-order valence-corrected chi connectivity index (χ2v) is 2.42. The van der Waals surface area contributed by atoms with Crippen molar-refractivity contribution in [3.8, 4) is 0 Å². The Hall–Kier alpha value is -0.610. The quantitative estimate of drug-likeness (QED) is 0.539. The molecule has 4 heteroatoms. The molecule has 0 aliphatic carbocycles. The molecule has 1 heterocycles. The van der Waals surface area contributed by atoms with E-state index in [9.17, 15) is 4.79 Å². The molecule has 0 spiro atoms. The largest absolute Gasteiger partial charge is 0.320 e. The molecule has 0 radical (unpaired) electrons. The summed E-state index contributed by atoms with van der Waals surface area (Å²) in [4.78, 5) is 16.0. The van der Waals surface area contributed by atoms with Crippen LogP contribution in [-0.4, -0.2) is 30.2 Å². The molecule has 4 nitrogen and oxygen atoms in total. The van der Waals surface area contributed by atoms with Gasteiger partial charge >= 0.3 is 0 Å². The molecule has 0 aromatic heterocycles. The van der Waals surface area contributed by atoms with Crippen molar-refractivity contribution in [1.29, 1.82) is 0 Å². The van der Waals surface area contributed by atoms with E-state index in [1.807, 2.05) is 0 Å². The summed E-state index contributed by atoms with van der Waals surface area (Å²) in [5, 5.41) is 1.34. The third-order valence-corrected chi connectivity index (χ3v) is 1.39. The molecule has 0 unspecified atom stereocenters. The maximum Gasteiger partial charge on any atom is 0.262 e.